The van der Waals surface area contributed by atoms with Crippen molar-refractivity contribution in [1.29, 1.82) is 5.26 Å². The average molecular weight is 556 g/mol. The quantitative estimate of drug-likeness (QED) is 0.540. The monoisotopic (exact) mass is 556 g/mol. The summed E-state index contributed by atoms with van der Waals surface area (Å²) < 4.78 is 28.7. The van der Waals surface area contributed by atoms with E-state index in [4.69, 9.17) is 5.73 Å². The molecule has 9 heteroatoms. The zero-order valence-corrected chi connectivity index (χ0v) is 21.5. The van der Waals surface area contributed by atoms with Crippen LogP contribution in [0.1, 0.15) is 24.0 Å². The number of hydrogen-bond acceptors (Lipinski definition) is 6. The van der Waals surface area contributed by atoms with E-state index in [0.717, 1.165) is 38.8 Å². The summed E-state index contributed by atoms with van der Waals surface area (Å²) >= 11 is -0.504. The topological polar surface area (TPSA) is 95.9 Å². The van der Waals surface area contributed by atoms with Gasteiger partial charge in [0, 0.05) is 0 Å². The van der Waals surface area contributed by atoms with Crippen molar-refractivity contribution in [2.45, 2.75) is 18.1 Å². The van der Waals surface area contributed by atoms with Crippen molar-refractivity contribution in [3.8, 4) is 6.07 Å². The van der Waals surface area contributed by atoms with Gasteiger partial charge in [0.05, 0.1) is 0 Å². The molecule has 1 aromatic heterocycles. The molecule has 5 rings (SSSR count). The molecule has 0 amide bonds. The molecule has 2 aromatic rings. The molecule has 2 N–H and O–H groups in total. The third-order valence-corrected chi connectivity index (χ3v) is 8.56. The Morgan fingerprint density at radius 2 is 1.92 bits per heavy atom. The van der Waals surface area contributed by atoms with Crippen LogP contribution in [0.25, 0.3) is 5.57 Å². The Bertz CT molecular complexity index is 1510. The number of fused-ring (bicyclic) bond motifs is 1. The second-order valence-corrected chi connectivity index (χ2v) is 11.1. The Morgan fingerprint density at radius 1 is 1.11 bits per heavy atom. The summed E-state index contributed by atoms with van der Waals surface area (Å²) in [4.78, 5) is 22.0. The number of halogens is 2. The molecule has 3 aliphatic rings. The van der Waals surface area contributed by atoms with Gasteiger partial charge in [-0.15, -0.1) is 0 Å². The van der Waals surface area contributed by atoms with Gasteiger partial charge in [0.2, 0.25) is 0 Å². The number of allylic oxidation sites excluding steroid dienone is 9. The molecule has 2 aliphatic heterocycles. The van der Waals surface area contributed by atoms with E-state index in [2.05, 4.69) is 16.0 Å². The molecule has 3 heterocycles. The van der Waals surface area contributed by atoms with Crippen LogP contribution in [0.4, 0.5) is 14.6 Å². The standard InChI is InChI=1S/C28H21AsF2N5O/c30-19-5-1-17(2-6-19)24-15-36-14-20(31)7-10-25(36)26(18-3-8-21(37)9-4-18)22(24)11-12-29-27-23(13-32)28(33)35-16-34-27/h1-8,10,14,16H,9,11-12,15H2,(H2,33,34,35). The SMILES string of the molecule is N#Cc1c(N)ncnc1[As]CCC1=C(c2ccc(F)cc2)CN2C=C(F)C=CC2=C1C1=CCC(=O)C=C1. The summed E-state index contributed by atoms with van der Waals surface area (Å²) in [6.07, 6.45) is 12.2. The van der Waals surface area contributed by atoms with Crippen LogP contribution in [0.15, 0.2) is 95.4 Å². The molecule has 0 bridgehead atoms. The number of rotatable bonds is 6. The summed E-state index contributed by atoms with van der Waals surface area (Å²) in [6.45, 7) is 0.411. The summed E-state index contributed by atoms with van der Waals surface area (Å²) in [6, 6.07) is 8.40. The van der Waals surface area contributed by atoms with E-state index in [1.165, 1.54) is 30.7 Å². The van der Waals surface area contributed by atoms with Crippen LogP contribution in [0.2, 0.25) is 5.21 Å². The first-order valence-corrected chi connectivity index (χ1v) is 13.9. The van der Waals surface area contributed by atoms with Crippen molar-refractivity contribution in [2.24, 2.45) is 0 Å². The van der Waals surface area contributed by atoms with Gasteiger partial charge >= 0.3 is 220 Å². The maximum atomic E-state index is 14.3. The van der Waals surface area contributed by atoms with E-state index in [0.29, 0.717) is 23.0 Å². The van der Waals surface area contributed by atoms with Gasteiger partial charge in [-0.1, -0.05) is 0 Å². The van der Waals surface area contributed by atoms with Gasteiger partial charge in [-0.2, -0.15) is 0 Å². The van der Waals surface area contributed by atoms with Gasteiger partial charge < -0.3 is 0 Å². The minimum atomic E-state index is -0.504. The number of nitrogens with zero attached hydrogens (tertiary/aromatic N) is 4. The minimum absolute atomic E-state index is 0.0202. The molecule has 0 unspecified atom stereocenters. The molecule has 37 heavy (non-hydrogen) atoms. The number of carbonyl (C=O) groups is 1. The van der Waals surface area contributed by atoms with E-state index in [9.17, 15) is 18.8 Å². The number of carbonyl (C=O) groups excluding carboxylic acids is 1. The normalized spacial score (nSPS) is 17.3. The van der Waals surface area contributed by atoms with Crippen molar-refractivity contribution in [2.75, 3.05) is 12.3 Å². The van der Waals surface area contributed by atoms with Crippen LogP contribution >= 0.6 is 0 Å². The van der Waals surface area contributed by atoms with Crippen molar-refractivity contribution in [3.05, 3.63) is 112 Å². The van der Waals surface area contributed by atoms with Crippen LogP contribution in [-0.4, -0.2) is 42.9 Å². The second kappa shape index (κ2) is 10.5. The fraction of sp³-hybridized carbons (Fsp3) is 0.143. The summed E-state index contributed by atoms with van der Waals surface area (Å²) in [7, 11) is 0. The predicted molar refractivity (Wildman–Crippen MR) is 138 cm³/mol. The number of hydrogen-bond donors (Lipinski definition) is 1. The predicted octanol–water partition coefficient (Wildman–Crippen LogP) is 4.07. The van der Waals surface area contributed by atoms with Gasteiger partial charge in [-0.25, -0.2) is 0 Å². The molecule has 1 radical (unpaired) electrons. The summed E-state index contributed by atoms with van der Waals surface area (Å²) in [5, 5.41) is 10.2. The van der Waals surface area contributed by atoms with Crippen LogP contribution in [0, 0.1) is 17.1 Å². The van der Waals surface area contributed by atoms with E-state index in [1.54, 1.807) is 30.4 Å². The number of benzene rings is 1. The first kappa shape index (κ1) is 24.6. The third kappa shape index (κ3) is 5.09. The Balaban J connectivity index is 1.60. The van der Waals surface area contributed by atoms with E-state index < -0.39 is 15.8 Å². The molecule has 0 saturated carbocycles. The van der Waals surface area contributed by atoms with Crippen LogP contribution in [0.5, 0.6) is 0 Å². The first-order valence-electron chi connectivity index (χ1n) is 11.6. The number of anilines is 1. The molecule has 6 nitrogen and oxygen atoms in total. The number of nitrogen functional groups attached to an aromatic ring is 1. The summed E-state index contributed by atoms with van der Waals surface area (Å²) in [5.74, 6) is -0.499. The van der Waals surface area contributed by atoms with Gasteiger partial charge in [-0.05, 0) is 0 Å². The first-order chi connectivity index (χ1) is 17.9. The van der Waals surface area contributed by atoms with Gasteiger partial charge in [0.15, 0.2) is 0 Å². The van der Waals surface area contributed by atoms with Crippen LogP contribution in [0.3, 0.4) is 0 Å². The maximum absolute atomic E-state index is 14.3. The van der Waals surface area contributed by atoms with Crippen LogP contribution in [-0.2, 0) is 4.79 Å². The van der Waals surface area contributed by atoms with Crippen LogP contribution < -0.4 is 10.2 Å². The van der Waals surface area contributed by atoms with E-state index in [-0.39, 0.29) is 29.7 Å². The van der Waals surface area contributed by atoms with Crippen molar-refractivity contribution < 1.29 is 13.6 Å². The fourth-order valence-electron chi connectivity index (χ4n) is 4.56. The molecular formula is C28H21AsF2N5O. The Kier molecular flexibility index (Phi) is 6.98. The molecule has 1 aliphatic carbocycles. The molecule has 183 valence electrons. The Labute approximate surface area is 219 Å². The average Bonchev–Trinajstić information content (AvgIpc) is 2.89. The van der Waals surface area contributed by atoms with E-state index in [1.807, 2.05) is 11.0 Å². The molecule has 0 saturated heterocycles. The van der Waals surface area contributed by atoms with E-state index >= 15 is 0 Å². The van der Waals surface area contributed by atoms with Crippen molar-refractivity contribution in [1.82, 2.24) is 14.9 Å². The zero-order valence-electron chi connectivity index (χ0n) is 19.7. The van der Waals surface area contributed by atoms with Gasteiger partial charge in [-0.3, -0.25) is 0 Å². The van der Waals surface area contributed by atoms with Gasteiger partial charge in [0.1, 0.15) is 0 Å². The third-order valence-electron chi connectivity index (χ3n) is 6.28. The number of nitriles is 1. The molecule has 0 spiro atoms. The van der Waals surface area contributed by atoms with Crippen molar-refractivity contribution in [3.63, 3.8) is 0 Å². The molecular weight excluding hydrogens is 535 g/mol. The van der Waals surface area contributed by atoms with Crippen molar-refractivity contribution >= 4 is 37.4 Å². The number of aromatic nitrogens is 2. The number of ketones is 1. The van der Waals surface area contributed by atoms with Gasteiger partial charge in [0.25, 0.3) is 0 Å². The molecule has 1 aromatic carbocycles. The Morgan fingerprint density at radius 3 is 2.65 bits per heavy atom. The summed E-state index contributed by atoms with van der Waals surface area (Å²) in [5.41, 5.74) is 11.7. The fourth-order valence-corrected chi connectivity index (χ4v) is 6.67. The Hall–Kier alpha value is -4.08. The zero-order chi connectivity index (χ0) is 25.9. The second-order valence-electron chi connectivity index (χ2n) is 8.56. The molecule has 0 atom stereocenters. The number of nitrogens with two attached hydrogens (primary N) is 1. The molecule has 0 fully saturated rings.